The fraction of sp³-hybridized carbons (Fsp3) is 0.0968. The number of anilines is 3. The van der Waals surface area contributed by atoms with Crippen molar-refractivity contribution in [2.75, 3.05) is 4.90 Å². The zero-order valence-corrected chi connectivity index (χ0v) is 19.6. The van der Waals surface area contributed by atoms with Crippen LogP contribution in [0.5, 0.6) is 11.8 Å². The van der Waals surface area contributed by atoms with Crippen molar-refractivity contribution < 1.29 is 4.74 Å². The van der Waals surface area contributed by atoms with Crippen molar-refractivity contribution in [3.8, 4) is 34.3 Å². The Kier molecular flexibility index (Phi) is 4.15. The SMILES string of the molecule is CC1(C)c2ccccc2N2c3cccc(c3)-c3cccc(n3)Oc3cccc(n3)-c3ccc1c2c3. The first-order valence-electron chi connectivity index (χ1n) is 11.8. The van der Waals surface area contributed by atoms with Crippen LogP contribution in [0.1, 0.15) is 25.0 Å². The Bertz CT molecular complexity index is 1620. The van der Waals surface area contributed by atoms with Crippen molar-refractivity contribution in [3.63, 3.8) is 0 Å². The van der Waals surface area contributed by atoms with E-state index in [1.807, 2.05) is 36.4 Å². The Labute approximate surface area is 204 Å². The minimum absolute atomic E-state index is 0.141. The minimum Gasteiger partial charge on any atom is -0.421 e. The Morgan fingerprint density at radius 1 is 0.600 bits per heavy atom. The Morgan fingerprint density at radius 2 is 1.26 bits per heavy atom. The van der Waals surface area contributed by atoms with E-state index in [9.17, 15) is 0 Å². The molecule has 5 aromatic rings. The van der Waals surface area contributed by atoms with E-state index in [1.165, 1.54) is 16.8 Å². The third-order valence-corrected chi connectivity index (χ3v) is 7.08. The first kappa shape index (κ1) is 20.0. The van der Waals surface area contributed by atoms with Crippen LogP contribution in [0.15, 0.2) is 103 Å². The quantitative estimate of drug-likeness (QED) is 0.233. The van der Waals surface area contributed by atoms with Crippen molar-refractivity contribution in [1.82, 2.24) is 9.97 Å². The Balaban J connectivity index is 1.58. The van der Waals surface area contributed by atoms with Gasteiger partial charge in [0, 0.05) is 34.4 Å². The number of ether oxygens (including phenoxy) is 1. The summed E-state index contributed by atoms with van der Waals surface area (Å²) < 4.78 is 6.07. The molecule has 0 radical (unpaired) electrons. The van der Waals surface area contributed by atoms with Crippen molar-refractivity contribution in [1.29, 1.82) is 0 Å². The lowest BCUT2D eigenvalue weighted by Gasteiger charge is -2.42. The molecule has 3 aromatic carbocycles. The molecule has 0 saturated heterocycles. The summed E-state index contributed by atoms with van der Waals surface area (Å²) in [7, 11) is 0. The van der Waals surface area contributed by atoms with Gasteiger partial charge in [0.15, 0.2) is 0 Å². The highest BCUT2D eigenvalue weighted by atomic mass is 16.5. The molecule has 7 rings (SSSR count). The smallest absolute Gasteiger partial charge is 0.221 e. The van der Waals surface area contributed by atoms with E-state index in [2.05, 4.69) is 85.5 Å². The van der Waals surface area contributed by atoms with E-state index in [1.54, 1.807) is 0 Å². The van der Waals surface area contributed by atoms with E-state index in [0.717, 1.165) is 33.9 Å². The summed E-state index contributed by atoms with van der Waals surface area (Å²) in [5, 5.41) is 0. The lowest BCUT2D eigenvalue weighted by molar-refractivity contribution is 0.446. The molecule has 0 atom stereocenters. The molecule has 4 nitrogen and oxygen atoms in total. The second-order valence-electron chi connectivity index (χ2n) is 9.58. The molecule has 0 N–H and O–H groups in total. The van der Waals surface area contributed by atoms with E-state index in [-0.39, 0.29) is 5.41 Å². The molecule has 4 heteroatoms. The molecule has 0 fully saturated rings. The number of fused-ring (bicyclic) bond motifs is 12. The number of benzene rings is 3. The van der Waals surface area contributed by atoms with Gasteiger partial charge >= 0.3 is 0 Å². The average molecular weight is 454 g/mol. The van der Waals surface area contributed by atoms with Gasteiger partial charge in [-0.25, -0.2) is 9.97 Å². The molecule has 2 aliphatic heterocycles. The molecule has 35 heavy (non-hydrogen) atoms. The molecule has 2 aliphatic rings. The standard InChI is InChI=1S/C31H23N3O/c1-31(2)23-10-3-4-13-27(23)34-22-9-5-8-20(18-22)25-11-6-14-29(32-25)35-30-15-7-12-26(33-30)21-16-17-24(31)28(34)19-21/h3-19H,1-2H3. The maximum absolute atomic E-state index is 6.07. The number of rotatable bonds is 0. The monoisotopic (exact) mass is 453 g/mol. The molecule has 0 aliphatic carbocycles. The van der Waals surface area contributed by atoms with Gasteiger partial charge in [0.05, 0.1) is 22.8 Å². The normalized spacial score (nSPS) is 14.4. The molecule has 0 amide bonds. The highest BCUT2D eigenvalue weighted by molar-refractivity contribution is 5.89. The van der Waals surface area contributed by atoms with Crippen LogP contribution in [0.2, 0.25) is 0 Å². The summed E-state index contributed by atoms with van der Waals surface area (Å²) in [6, 6.07) is 35.7. The van der Waals surface area contributed by atoms with Crippen LogP contribution in [0.3, 0.4) is 0 Å². The van der Waals surface area contributed by atoms with Gasteiger partial charge in [-0.2, -0.15) is 0 Å². The van der Waals surface area contributed by atoms with Crippen LogP contribution < -0.4 is 9.64 Å². The summed E-state index contributed by atoms with van der Waals surface area (Å²) in [6.07, 6.45) is 0. The number of nitrogens with zero attached hydrogens (tertiary/aromatic N) is 3. The van der Waals surface area contributed by atoms with Gasteiger partial charge in [-0.15, -0.1) is 0 Å². The predicted octanol–water partition coefficient (Wildman–Crippen LogP) is 8.03. The maximum atomic E-state index is 6.07. The van der Waals surface area contributed by atoms with E-state index < -0.39 is 0 Å². The van der Waals surface area contributed by atoms with Gasteiger partial charge in [-0.05, 0) is 47.5 Å². The zero-order valence-electron chi connectivity index (χ0n) is 19.6. The van der Waals surface area contributed by atoms with E-state index in [4.69, 9.17) is 14.7 Å². The number of pyridine rings is 2. The number of aromatic nitrogens is 2. The fourth-order valence-corrected chi connectivity index (χ4v) is 5.33. The van der Waals surface area contributed by atoms with E-state index in [0.29, 0.717) is 11.8 Å². The molecular weight excluding hydrogens is 430 g/mol. The van der Waals surface area contributed by atoms with Crippen LogP contribution in [-0.4, -0.2) is 9.97 Å². The van der Waals surface area contributed by atoms with Gasteiger partial charge in [-0.1, -0.05) is 68.4 Å². The Hall–Kier alpha value is -4.44. The van der Waals surface area contributed by atoms with Crippen LogP contribution in [-0.2, 0) is 5.41 Å². The van der Waals surface area contributed by atoms with Crippen LogP contribution in [0.4, 0.5) is 17.1 Å². The van der Waals surface area contributed by atoms with Crippen molar-refractivity contribution in [2.45, 2.75) is 19.3 Å². The number of hydrogen-bond acceptors (Lipinski definition) is 4. The molecule has 0 unspecified atom stereocenters. The van der Waals surface area contributed by atoms with Crippen molar-refractivity contribution in [2.24, 2.45) is 0 Å². The maximum Gasteiger partial charge on any atom is 0.221 e. The molecular formula is C31H23N3O. The van der Waals surface area contributed by atoms with Gasteiger partial charge < -0.3 is 9.64 Å². The molecule has 2 aromatic heterocycles. The fourth-order valence-electron chi connectivity index (χ4n) is 5.33. The van der Waals surface area contributed by atoms with Crippen molar-refractivity contribution in [3.05, 3.63) is 114 Å². The third-order valence-electron chi connectivity index (χ3n) is 7.08. The topological polar surface area (TPSA) is 38.2 Å². The van der Waals surface area contributed by atoms with Gasteiger partial charge in [-0.3, -0.25) is 0 Å². The Morgan fingerprint density at radius 3 is 2.03 bits per heavy atom. The predicted molar refractivity (Wildman–Crippen MR) is 140 cm³/mol. The summed E-state index contributed by atoms with van der Waals surface area (Å²) in [4.78, 5) is 12.0. The summed E-state index contributed by atoms with van der Waals surface area (Å²) in [6.45, 7) is 4.61. The summed E-state index contributed by atoms with van der Waals surface area (Å²) in [5.74, 6) is 1.05. The molecule has 0 spiro atoms. The van der Waals surface area contributed by atoms with Crippen LogP contribution >= 0.6 is 0 Å². The van der Waals surface area contributed by atoms with Gasteiger partial charge in [0.2, 0.25) is 11.8 Å². The molecule has 4 heterocycles. The van der Waals surface area contributed by atoms with Crippen LogP contribution in [0.25, 0.3) is 22.5 Å². The lowest BCUT2D eigenvalue weighted by atomic mass is 9.73. The van der Waals surface area contributed by atoms with E-state index >= 15 is 0 Å². The second kappa shape index (κ2) is 7.28. The number of para-hydroxylation sites is 1. The lowest BCUT2D eigenvalue weighted by Crippen LogP contribution is -2.30. The zero-order chi connectivity index (χ0) is 23.6. The third kappa shape index (κ3) is 3.07. The number of hydrogen-bond donors (Lipinski definition) is 0. The molecule has 8 bridgehead atoms. The second-order valence-corrected chi connectivity index (χ2v) is 9.58. The summed E-state index contributed by atoms with van der Waals surface area (Å²) >= 11 is 0. The average Bonchev–Trinajstić information content (AvgIpc) is 2.89. The highest BCUT2D eigenvalue weighted by Gasteiger charge is 2.37. The summed E-state index contributed by atoms with van der Waals surface area (Å²) in [5.41, 5.74) is 9.70. The molecule has 0 saturated carbocycles. The van der Waals surface area contributed by atoms with Gasteiger partial charge in [0.25, 0.3) is 0 Å². The largest absolute Gasteiger partial charge is 0.421 e. The molecule has 168 valence electrons. The van der Waals surface area contributed by atoms with Gasteiger partial charge in [0.1, 0.15) is 0 Å². The minimum atomic E-state index is -0.141. The highest BCUT2D eigenvalue weighted by Crippen LogP contribution is 2.52. The van der Waals surface area contributed by atoms with Crippen LogP contribution in [0, 0.1) is 0 Å². The first-order valence-corrected chi connectivity index (χ1v) is 11.8. The first-order chi connectivity index (χ1) is 17.1. The van der Waals surface area contributed by atoms with Crippen molar-refractivity contribution >= 4 is 17.1 Å².